The van der Waals surface area contributed by atoms with Gasteiger partial charge in [0.25, 0.3) is 0 Å². The van der Waals surface area contributed by atoms with Crippen molar-refractivity contribution in [3.05, 3.63) is 177 Å². The summed E-state index contributed by atoms with van der Waals surface area (Å²) in [5, 5.41) is 5.54. The van der Waals surface area contributed by atoms with Crippen LogP contribution in [0, 0.1) is 0 Å². The second-order valence-electron chi connectivity index (χ2n) is 16.1. The molecule has 1 heteroatoms. The Morgan fingerprint density at radius 1 is 0.472 bits per heavy atom. The van der Waals surface area contributed by atoms with Crippen molar-refractivity contribution in [1.82, 2.24) is 0 Å². The van der Waals surface area contributed by atoms with Gasteiger partial charge in [0, 0.05) is 0 Å². The first-order valence-corrected chi connectivity index (χ1v) is 30.0. The summed E-state index contributed by atoms with van der Waals surface area (Å²) in [5.41, 5.74) is 19.5. The average molecular weight is 857 g/mol. The number of hydrogen-bond donors (Lipinski definition) is 0. The van der Waals surface area contributed by atoms with E-state index in [1.165, 1.54) is 66.7 Å². The average Bonchev–Trinajstić information content (AvgIpc) is 3.74. The maximum atomic E-state index is 2.62. The molecule has 266 valence electrons. The molecule has 0 fully saturated rings. The summed E-state index contributed by atoms with van der Waals surface area (Å²) in [6, 6.07) is 47.7. The summed E-state index contributed by atoms with van der Waals surface area (Å²) in [5.74, 6) is 0. The third-order valence-corrected chi connectivity index (χ3v) is 35.7. The standard InChI is InChI=1S/C44H36.2C4H9.Hf/c1-3-29-27-35-19-9-17-33(41(35)43(29)39-23-11-15-31-13-5-7-21-37(31)39)25-26-34-18-10-20-36-28-30(4-2)44(42(34)36)40-24-12-16-32-14-6-8-22-38(32)40;2*1-3-4-2;/h5-24,27-28H,3-4,25-26H2,1-2H3;2*1,3-4H2,2H3;. The summed E-state index contributed by atoms with van der Waals surface area (Å²) in [6.45, 7) is 9.90. The van der Waals surface area contributed by atoms with E-state index in [1.54, 1.807) is 55.7 Å². The summed E-state index contributed by atoms with van der Waals surface area (Å²) >= 11 is -3.65. The molecule has 8 bridgehead atoms. The van der Waals surface area contributed by atoms with E-state index in [0.29, 0.717) is 7.35 Å². The maximum absolute atomic E-state index is 3.65. The number of unbranched alkanes of at least 4 members (excludes halogenated alkanes) is 2. The van der Waals surface area contributed by atoms with E-state index in [4.69, 9.17) is 0 Å². The van der Waals surface area contributed by atoms with E-state index in [0.717, 1.165) is 25.7 Å². The monoisotopic (exact) mass is 858 g/mol. The van der Waals surface area contributed by atoms with Crippen molar-refractivity contribution in [2.75, 3.05) is 0 Å². The number of aryl methyl sites for hydroxylation is 2. The Morgan fingerprint density at radius 3 is 1.32 bits per heavy atom. The fourth-order valence-electron chi connectivity index (χ4n) is 11.5. The summed E-state index contributed by atoms with van der Waals surface area (Å²) in [4.78, 5) is 0. The molecule has 0 radical (unpaired) electrons. The number of allylic oxidation sites excluding steroid dienone is 2. The Balaban J connectivity index is 1.43. The molecule has 1 aliphatic heterocycles. The molecule has 0 amide bonds. The van der Waals surface area contributed by atoms with Crippen LogP contribution in [0.2, 0.25) is 8.35 Å². The predicted octanol–water partition coefficient (Wildman–Crippen LogP) is 14.9. The second-order valence-corrected chi connectivity index (χ2v) is 32.7. The van der Waals surface area contributed by atoms with E-state index >= 15 is 0 Å². The number of hydrogen-bond acceptors (Lipinski definition) is 0. The first-order chi connectivity index (χ1) is 26.1. The molecule has 0 N–H and O–H groups in total. The molecule has 6 aromatic carbocycles. The van der Waals surface area contributed by atoms with Crippen LogP contribution >= 0.6 is 0 Å². The van der Waals surface area contributed by atoms with Crippen molar-refractivity contribution < 1.29 is 20.0 Å². The van der Waals surface area contributed by atoms with E-state index in [9.17, 15) is 0 Å². The summed E-state index contributed by atoms with van der Waals surface area (Å²) in [6.07, 6.45) is 9.63. The third-order valence-electron chi connectivity index (χ3n) is 13.5. The molecule has 3 aliphatic rings. The Bertz CT molecular complexity index is 2240. The van der Waals surface area contributed by atoms with Crippen molar-refractivity contribution in [3.8, 4) is 0 Å². The molecule has 2 atom stereocenters. The first-order valence-electron chi connectivity index (χ1n) is 20.8. The normalized spacial score (nSPS) is 18.6. The molecular weight excluding hydrogens is 803 g/mol. The zero-order valence-corrected chi connectivity index (χ0v) is 35.9. The molecule has 2 unspecified atom stereocenters. The molecule has 2 aliphatic carbocycles. The van der Waals surface area contributed by atoms with Gasteiger partial charge in [-0.3, -0.25) is 0 Å². The molecule has 0 aromatic heterocycles. The van der Waals surface area contributed by atoms with Gasteiger partial charge in [0.1, 0.15) is 0 Å². The van der Waals surface area contributed by atoms with Gasteiger partial charge in [0.05, 0.1) is 0 Å². The third kappa shape index (κ3) is 5.46. The van der Waals surface area contributed by atoms with Crippen molar-refractivity contribution >= 4 is 32.7 Å². The molecule has 0 saturated heterocycles. The van der Waals surface area contributed by atoms with Crippen LogP contribution in [-0.2, 0) is 32.8 Å². The molecule has 53 heavy (non-hydrogen) atoms. The van der Waals surface area contributed by atoms with Gasteiger partial charge in [0.2, 0.25) is 0 Å². The molecule has 0 spiro atoms. The zero-order chi connectivity index (χ0) is 36.1. The Kier molecular flexibility index (Phi) is 9.52. The SMILES string of the molecule is CCC[CH2][Hf]1([CH2]CCC)[CH]2C(CC)=C(c3cccc4ccccc34)c3c(cccc32)CCc2cccc3c2C(c2cccc4ccccc24)=C(CC)[CH]31. The van der Waals surface area contributed by atoms with Gasteiger partial charge in [-0.05, 0) is 0 Å². The van der Waals surface area contributed by atoms with Gasteiger partial charge in [-0.2, -0.15) is 0 Å². The van der Waals surface area contributed by atoms with Gasteiger partial charge in [-0.15, -0.1) is 0 Å². The van der Waals surface area contributed by atoms with E-state index in [1.807, 2.05) is 0 Å². The number of benzene rings is 6. The summed E-state index contributed by atoms with van der Waals surface area (Å²) < 4.78 is 4.10. The molecule has 6 aromatic rings. The van der Waals surface area contributed by atoms with E-state index in [2.05, 4.69) is 149 Å². The number of rotatable bonds is 10. The van der Waals surface area contributed by atoms with Gasteiger partial charge < -0.3 is 0 Å². The van der Waals surface area contributed by atoms with Gasteiger partial charge in [0.15, 0.2) is 0 Å². The fourth-order valence-corrected chi connectivity index (χ4v) is 38.6. The van der Waals surface area contributed by atoms with E-state index < -0.39 is 20.0 Å². The van der Waals surface area contributed by atoms with Crippen LogP contribution in [-0.4, -0.2) is 0 Å². The van der Waals surface area contributed by atoms with Crippen LogP contribution in [0.15, 0.2) is 132 Å². The zero-order valence-electron chi connectivity index (χ0n) is 32.3. The minimum absolute atomic E-state index is 0.586. The van der Waals surface area contributed by atoms with Crippen LogP contribution in [0.25, 0.3) is 32.7 Å². The van der Waals surface area contributed by atoms with E-state index in [-0.39, 0.29) is 0 Å². The second kappa shape index (κ2) is 14.4. The van der Waals surface area contributed by atoms with Crippen LogP contribution in [0.3, 0.4) is 0 Å². The van der Waals surface area contributed by atoms with Crippen molar-refractivity contribution in [2.24, 2.45) is 0 Å². The van der Waals surface area contributed by atoms with Gasteiger partial charge in [-0.25, -0.2) is 0 Å². The Labute approximate surface area is 322 Å². The van der Waals surface area contributed by atoms with Crippen molar-refractivity contribution in [3.63, 3.8) is 0 Å². The fraction of sp³-hybridized carbons (Fsp3) is 0.308. The molecular formula is C52H54Hf. The molecule has 0 saturated carbocycles. The number of fused-ring (bicyclic) bond motifs is 2. The van der Waals surface area contributed by atoms with Crippen molar-refractivity contribution in [2.45, 2.75) is 94.8 Å². The molecule has 1 heterocycles. The van der Waals surface area contributed by atoms with Crippen molar-refractivity contribution in [1.29, 1.82) is 0 Å². The van der Waals surface area contributed by atoms with Crippen LogP contribution in [0.5, 0.6) is 0 Å². The Hall–Kier alpha value is -3.81. The minimum atomic E-state index is -3.65. The topological polar surface area (TPSA) is 0 Å². The summed E-state index contributed by atoms with van der Waals surface area (Å²) in [7, 11) is 0. The first kappa shape index (κ1) is 34.9. The molecule has 0 nitrogen and oxygen atoms in total. The van der Waals surface area contributed by atoms with Gasteiger partial charge >= 0.3 is 324 Å². The molecule has 9 rings (SSSR count). The van der Waals surface area contributed by atoms with Crippen LogP contribution in [0.1, 0.15) is 118 Å². The van der Waals surface area contributed by atoms with Crippen LogP contribution < -0.4 is 0 Å². The Morgan fingerprint density at radius 2 is 0.887 bits per heavy atom. The van der Waals surface area contributed by atoms with Gasteiger partial charge in [-0.1, -0.05) is 0 Å². The predicted molar refractivity (Wildman–Crippen MR) is 226 cm³/mol. The quantitative estimate of drug-likeness (QED) is 0.120. The van der Waals surface area contributed by atoms with Crippen LogP contribution in [0.4, 0.5) is 0 Å².